The molecule has 72 valence electrons. The van der Waals surface area contributed by atoms with Crippen LogP contribution < -0.4 is 0 Å². The van der Waals surface area contributed by atoms with Gasteiger partial charge >= 0.3 is 0 Å². The number of carbonyl (C=O) groups excluding carboxylic acids is 1. The van der Waals surface area contributed by atoms with Crippen molar-refractivity contribution < 1.29 is 4.79 Å². The molecule has 2 atom stereocenters. The molecule has 0 N–H and O–H groups in total. The molecule has 1 heterocycles. The molecule has 2 unspecified atom stereocenters. The molecule has 1 amide bonds. The van der Waals surface area contributed by atoms with Crippen molar-refractivity contribution in [3.05, 3.63) is 12.2 Å². The Kier molecular flexibility index (Phi) is 2.14. The van der Waals surface area contributed by atoms with Crippen molar-refractivity contribution in [3.8, 4) is 0 Å². The fraction of sp³-hybridized carbons (Fsp3) is 0.727. The summed E-state index contributed by atoms with van der Waals surface area (Å²) in [6.07, 6.45) is 4.45. The van der Waals surface area contributed by atoms with Gasteiger partial charge in [0.05, 0.1) is 0 Å². The highest BCUT2D eigenvalue weighted by molar-refractivity contribution is 5.80. The van der Waals surface area contributed by atoms with Gasteiger partial charge in [0, 0.05) is 19.5 Å². The first-order chi connectivity index (χ1) is 6.18. The molecule has 13 heavy (non-hydrogen) atoms. The smallest absolute Gasteiger partial charge is 0.226 e. The van der Waals surface area contributed by atoms with E-state index < -0.39 is 0 Å². The number of likely N-dealkylation sites (tertiary alicyclic amines) is 1. The van der Waals surface area contributed by atoms with Crippen LogP contribution in [0, 0.1) is 11.8 Å². The molecular formula is C11H17NO. The summed E-state index contributed by atoms with van der Waals surface area (Å²) in [4.78, 5) is 13.7. The number of hydrogen-bond donors (Lipinski definition) is 0. The fourth-order valence-electron chi connectivity index (χ4n) is 2.56. The summed E-state index contributed by atoms with van der Waals surface area (Å²) in [6.45, 7) is 4.94. The number of rotatable bonds is 0. The van der Waals surface area contributed by atoms with E-state index >= 15 is 0 Å². The van der Waals surface area contributed by atoms with E-state index in [1.807, 2.05) is 11.9 Å². The van der Waals surface area contributed by atoms with E-state index in [0.29, 0.717) is 11.8 Å². The summed E-state index contributed by atoms with van der Waals surface area (Å²) >= 11 is 0. The van der Waals surface area contributed by atoms with Gasteiger partial charge in [-0.05, 0) is 31.6 Å². The molecule has 1 aliphatic heterocycles. The maximum absolute atomic E-state index is 11.8. The van der Waals surface area contributed by atoms with Gasteiger partial charge in [-0.3, -0.25) is 4.79 Å². The first-order valence-electron chi connectivity index (χ1n) is 5.10. The molecule has 1 saturated carbocycles. The van der Waals surface area contributed by atoms with E-state index in [2.05, 4.69) is 6.58 Å². The van der Waals surface area contributed by atoms with Crippen LogP contribution in [0.1, 0.15) is 25.7 Å². The number of hydrogen-bond acceptors (Lipinski definition) is 1. The molecule has 0 aromatic heterocycles. The Morgan fingerprint density at radius 2 is 2.23 bits per heavy atom. The van der Waals surface area contributed by atoms with E-state index in [4.69, 9.17) is 0 Å². The molecule has 0 radical (unpaired) electrons. The van der Waals surface area contributed by atoms with Crippen LogP contribution >= 0.6 is 0 Å². The molecule has 2 rings (SSSR count). The van der Waals surface area contributed by atoms with E-state index in [1.165, 1.54) is 18.4 Å². The number of carbonyl (C=O) groups is 1. The summed E-state index contributed by atoms with van der Waals surface area (Å²) in [6, 6.07) is 0. The standard InChI is InChI=1S/C11H17NO/c1-8-3-4-9-5-6-12(2)11(13)10(9)7-8/h9-10H,1,3-7H2,2H3. The average Bonchev–Trinajstić information content (AvgIpc) is 2.12. The zero-order valence-electron chi connectivity index (χ0n) is 8.25. The Labute approximate surface area is 79.6 Å². The van der Waals surface area contributed by atoms with Crippen LogP contribution in [0.25, 0.3) is 0 Å². The third kappa shape index (κ3) is 1.50. The lowest BCUT2D eigenvalue weighted by Crippen LogP contribution is -2.44. The summed E-state index contributed by atoms with van der Waals surface area (Å²) in [5, 5.41) is 0. The fourth-order valence-corrected chi connectivity index (χ4v) is 2.56. The lowest BCUT2D eigenvalue weighted by molar-refractivity contribution is -0.140. The summed E-state index contributed by atoms with van der Waals surface area (Å²) in [5.41, 5.74) is 1.27. The van der Waals surface area contributed by atoms with E-state index in [0.717, 1.165) is 19.4 Å². The Hall–Kier alpha value is -0.790. The molecule has 2 aliphatic rings. The predicted octanol–water partition coefficient (Wildman–Crippen LogP) is 1.82. The third-order valence-electron chi connectivity index (χ3n) is 3.48. The Balaban J connectivity index is 2.13. The number of fused-ring (bicyclic) bond motifs is 1. The van der Waals surface area contributed by atoms with Crippen molar-refractivity contribution in [2.75, 3.05) is 13.6 Å². The largest absolute Gasteiger partial charge is 0.345 e. The molecule has 1 aliphatic carbocycles. The van der Waals surface area contributed by atoms with Gasteiger partial charge in [0.15, 0.2) is 0 Å². The second kappa shape index (κ2) is 3.17. The highest BCUT2D eigenvalue weighted by Gasteiger charge is 2.37. The molecule has 0 spiro atoms. The lowest BCUT2D eigenvalue weighted by atomic mass is 9.73. The van der Waals surface area contributed by atoms with E-state index in [-0.39, 0.29) is 5.92 Å². The van der Waals surface area contributed by atoms with Gasteiger partial charge in [0.1, 0.15) is 0 Å². The third-order valence-corrected chi connectivity index (χ3v) is 3.48. The minimum Gasteiger partial charge on any atom is -0.345 e. The van der Waals surface area contributed by atoms with Gasteiger partial charge in [0.25, 0.3) is 0 Å². The molecule has 1 saturated heterocycles. The first kappa shape index (κ1) is 8.79. The highest BCUT2D eigenvalue weighted by atomic mass is 16.2. The van der Waals surface area contributed by atoms with Gasteiger partial charge < -0.3 is 4.90 Å². The maximum Gasteiger partial charge on any atom is 0.226 e. The minimum absolute atomic E-state index is 0.264. The number of allylic oxidation sites excluding steroid dienone is 1. The minimum atomic E-state index is 0.264. The van der Waals surface area contributed by atoms with Crippen molar-refractivity contribution in [1.82, 2.24) is 4.90 Å². The van der Waals surface area contributed by atoms with Crippen LogP contribution in [0.15, 0.2) is 12.2 Å². The van der Waals surface area contributed by atoms with Crippen molar-refractivity contribution in [1.29, 1.82) is 0 Å². The summed E-state index contributed by atoms with van der Waals surface area (Å²) in [5.74, 6) is 1.26. The topological polar surface area (TPSA) is 20.3 Å². The Bertz CT molecular complexity index is 246. The molecular weight excluding hydrogens is 162 g/mol. The van der Waals surface area contributed by atoms with E-state index in [1.54, 1.807) is 0 Å². The Morgan fingerprint density at radius 1 is 1.46 bits per heavy atom. The normalized spacial score (nSPS) is 34.7. The lowest BCUT2D eigenvalue weighted by Gasteiger charge is -2.39. The molecule has 0 aromatic carbocycles. The number of amides is 1. The van der Waals surface area contributed by atoms with Crippen molar-refractivity contribution in [2.24, 2.45) is 11.8 Å². The van der Waals surface area contributed by atoms with Gasteiger partial charge in [-0.25, -0.2) is 0 Å². The van der Waals surface area contributed by atoms with Gasteiger partial charge in [-0.15, -0.1) is 0 Å². The molecule has 2 fully saturated rings. The van der Waals surface area contributed by atoms with Crippen LogP contribution in [-0.2, 0) is 4.79 Å². The average molecular weight is 179 g/mol. The number of nitrogens with zero attached hydrogens (tertiary/aromatic N) is 1. The molecule has 0 bridgehead atoms. The van der Waals surface area contributed by atoms with Crippen molar-refractivity contribution >= 4 is 5.91 Å². The summed E-state index contributed by atoms with van der Waals surface area (Å²) < 4.78 is 0. The maximum atomic E-state index is 11.8. The predicted molar refractivity (Wildman–Crippen MR) is 52.2 cm³/mol. The quantitative estimate of drug-likeness (QED) is 0.519. The highest BCUT2D eigenvalue weighted by Crippen LogP contribution is 2.38. The molecule has 2 heteroatoms. The van der Waals surface area contributed by atoms with Crippen LogP contribution in [-0.4, -0.2) is 24.4 Å². The van der Waals surface area contributed by atoms with E-state index in [9.17, 15) is 4.79 Å². The second-order valence-electron chi connectivity index (χ2n) is 4.41. The zero-order chi connectivity index (χ0) is 9.42. The molecule has 2 nitrogen and oxygen atoms in total. The summed E-state index contributed by atoms with van der Waals surface area (Å²) in [7, 11) is 1.91. The van der Waals surface area contributed by atoms with Gasteiger partial charge in [-0.1, -0.05) is 12.2 Å². The van der Waals surface area contributed by atoms with Gasteiger partial charge in [-0.2, -0.15) is 0 Å². The second-order valence-corrected chi connectivity index (χ2v) is 4.41. The Morgan fingerprint density at radius 3 is 3.00 bits per heavy atom. The monoisotopic (exact) mass is 179 g/mol. The van der Waals surface area contributed by atoms with Crippen LogP contribution in [0.5, 0.6) is 0 Å². The van der Waals surface area contributed by atoms with Crippen LogP contribution in [0.4, 0.5) is 0 Å². The number of piperidine rings is 1. The van der Waals surface area contributed by atoms with Crippen LogP contribution in [0.2, 0.25) is 0 Å². The van der Waals surface area contributed by atoms with Crippen molar-refractivity contribution in [3.63, 3.8) is 0 Å². The van der Waals surface area contributed by atoms with Crippen molar-refractivity contribution in [2.45, 2.75) is 25.7 Å². The SMILES string of the molecule is C=C1CCC2CCN(C)C(=O)C2C1. The first-order valence-corrected chi connectivity index (χ1v) is 5.10. The van der Waals surface area contributed by atoms with Gasteiger partial charge in [0.2, 0.25) is 5.91 Å². The van der Waals surface area contributed by atoms with Crippen LogP contribution in [0.3, 0.4) is 0 Å². The molecule has 0 aromatic rings. The zero-order valence-corrected chi connectivity index (χ0v) is 8.25.